The summed E-state index contributed by atoms with van der Waals surface area (Å²) in [4.78, 5) is 23.3. The predicted molar refractivity (Wildman–Crippen MR) is 86.0 cm³/mol. The van der Waals surface area contributed by atoms with Crippen molar-refractivity contribution in [3.63, 3.8) is 0 Å². The van der Waals surface area contributed by atoms with E-state index in [1.807, 2.05) is 6.07 Å². The second kappa shape index (κ2) is 8.57. The maximum absolute atomic E-state index is 12.1. The Morgan fingerprint density at radius 1 is 1.05 bits per heavy atom. The molecule has 0 heterocycles. The van der Waals surface area contributed by atoms with Crippen molar-refractivity contribution in [1.82, 2.24) is 5.32 Å². The van der Waals surface area contributed by atoms with Gasteiger partial charge >= 0.3 is 5.97 Å². The van der Waals surface area contributed by atoms with Crippen LogP contribution < -0.4 is 5.32 Å². The van der Waals surface area contributed by atoms with E-state index in [0.29, 0.717) is 24.4 Å². The van der Waals surface area contributed by atoms with E-state index in [4.69, 9.17) is 5.11 Å². The minimum Gasteiger partial charge on any atom is -0.478 e. The number of carboxylic acids is 1. The molecule has 0 aromatic heterocycles. The van der Waals surface area contributed by atoms with Crippen LogP contribution in [0.1, 0.15) is 67.3 Å². The van der Waals surface area contributed by atoms with Crippen LogP contribution in [0.15, 0.2) is 24.3 Å². The second-order valence-corrected chi connectivity index (χ2v) is 6.07. The third kappa shape index (κ3) is 5.17. The van der Waals surface area contributed by atoms with Gasteiger partial charge in [-0.25, -0.2) is 4.79 Å². The SMILES string of the molecule is O=C(CCc1ccccc1C(=O)O)NC1CCCCCCC1. The molecule has 0 saturated heterocycles. The van der Waals surface area contributed by atoms with Crippen molar-refractivity contribution in [3.05, 3.63) is 35.4 Å². The number of carbonyl (C=O) groups excluding carboxylic acids is 1. The average Bonchev–Trinajstić information content (AvgIpc) is 2.48. The summed E-state index contributed by atoms with van der Waals surface area (Å²) in [6.07, 6.45) is 9.17. The van der Waals surface area contributed by atoms with Crippen LogP contribution in [0.3, 0.4) is 0 Å². The Kier molecular flexibility index (Phi) is 6.44. The molecule has 1 aromatic carbocycles. The maximum atomic E-state index is 12.1. The molecule has 1 amide bonds. The number of hydrogen-bond donors (Lipinski definition) is 2. The summed E-state index contributed by atoms with van der Waals surface area (Å²) in [5.74, 6) is -0.901. The van der Waals surface area contributed by atoms with E-state index in [0.717, 1.165) is 18.4 Å². The number of benzene rings is 1. The predicted octanol–water partition coefficient (Wildman–Crippen LogP) is 3.55. The van der Waals surface area contributed by atoms with Gasteiger partial charge in [-0.1, -0.05) is 50.3 Å². The highest BCUT2D eigenvalue weighted by atomic mass is 16.4. The van der Waals surface area contributed by atoms with Gasteiger partial charge in [-0.05, 0) is 30.9 Å². The summed E-state index contributed by atoms with van der Waals surface area (Å²) in [5.41, 5.74) is 1.02. The number of carboxylic acid groups (broad SMARTS) is 1. The van der Waals surface area contributed by atoms with E-state index >= 15 is 0 Å². The molecule has 0 radical (unpaired) electrons. The molecule has 0 bridgehead atoms. The lowest BCUT2D eigenvalue weighted by Crippen LogP contribution is -2.35. The van der Waals surface area contributed by atoms with Gasteiger partial charge in [0.05, 0.1) is 5.56 Å². The number of aromatic carboxylic acids is 1. The zero-order chi connectivity index (χ0) is 15.8. The van der Waals surface area contributed by atoms with Crippen molar-refractivity contribution in [1.29, 1.82) is 0 Å². The number of hydrogen-bond acceptors (Lipinski definition) is 2. The van der Waals surface area contributed by atoms with Gasteiger partial charge in [0, 0.05) is 12.5 Å². The largest absolute Gasteiger partial charge is 0.478 e. The Morgan fingerprint density at radius 2 is 1.68 bits per heavy atom. The zero-order valence-corrected chi connectivity index (χ0v) is 13.0. The normalized spacial score (nSPS) is 16.5. The lowest BCUT2D eigenvalue weighted by atomic mass is 9.96. The Bertz CT molecular complexity index is 505. The van der Waals surface area contributed by atoms with Crippen LogP contribution in [0.5, 0.6) is 0 Å². The first-order valence-corrected chi connectivity index (χ1v) is 8.27. The number of rotatable bonds is 5. The van der Waals surface area contributed by atoms with E-state index < -0.39 is 5.97 Å². The molecule has 2 N–H and O–H groups in total. The molecule has 1 fully saturated rings. The van der Waals surface area contributed by atoms with E-state index in [2.05, 4.69) is 5.32 Å². The van der Waals surface area contributed by atoms with Gasteiger partial charge in [-0.2, -0.15) is 0 Å². The smallest absolute Gasteiger partial charge is 0.335 e. The quantitative estimate of drug-likeness (QED) is 0.874. The van der Waals surface area contributed by atoms with Gasteiger partial charge in [0.2, 0.25) is 5.91 Å². The van der Waals surface area contributed by atoms with Crippen molar-refractivity contribution in [3.8, 4) is 0 Å². The standard InChI is InChI=1S/C18H25NO3/c20-17(19-15-9-4-2-1-3-5-10-15)13-12-14-8-6-7-11-16(14)18(21)22/h6-8,11,15H,1-5,9-10,12-13H2,(H,19,20)(H,21,22). The first-order valence-electron chi connectivity index (χ1n) is 8.27. The molecule has 0 aliphatic heterocycles. The van der Waals surface area contributed by atoms with E-state index in [1.165, 1.54) is 32.1 Å². The van der Waals surface area contributed by atoms with Crippen LogP contribution in [0, 0.1) is 0 Å². The van der Waals surface area contributed by atoms with Crippen molar-refractivity contribution >= 4 is 11.9 Å². The van der Waals surface area contributed by atoms with Gasteiger partial charge in [0.15, 0.2) is 0 Å². The van der Waals surface area contributed by atoms with Crippen LogP contribution >= 0.6 is 0 Å². The minimum absolute atomic E-state index is 0.0331. The van der Waals surface area contributed by atoms with Gasteiger partial charge in [-0.15, -0.1) is 0 Å². The second-order valence-electron chi connectivity index (χ2n) is 6.07. The van der Waals surface area contributed by atoms with Crippen LogP contribution in [-0.4, -0.2) is 23.0 Å². The molecule has 4 nitrogen and oxygen atoms in total. The molecule has 4 heteroatoms. The Balaban J connectivity index is 1.83. The summed E-state index contributed by atoms with van der Waals surface area (Å²) < 4.78 is 0. The third-order valence-corrected chi connectivity index (χ3v) is 4.34. The molecule has 1 aliphatic rings. The van der Waals surface area contributed by atoms with Crippen LogP contribution in [-0.2, 0) is 11.2 Å². The summed E-state index contributed by atoms with van der Waals surface area (Å²) in [5, 5.41) is 12.3. The molecule has 0 unspecified atom stereocenters. The van der Waals surface area contributed by atoms with E-state index in [9.17, 15) is 9.59 Å². The first kappa shape index (κ1) is 16.5. The number of carbonyl (C=O) groups is 2. The fourth-order valence-electron chi connectivity index (χ4n) is 3.10. The maximum Gasteiger partial charge on any atom is 0.335 e. The first-order chi connectivity index (χ1) is 10.7. The average molecular weight is 303 g/mol. The van der Waals surface area contributed by atoms with Crippen molar-refractivity contribution in [2.75, 3.05) is 0 Å². The molecule has 2 rings (SSSR count). The van der Waals surface area contributed by atoms with Crippen LogP contribution in [0.2, 0.25) is 0 Å². The Morgan fingerprint density at radius 3 is 2.36 bits per heavy atom. The highest BCUT2D eigenvalue weighted by Crippen LogP contribution is 2.17. The molecular weight excluding hydrogens is 278 g/mol. The lowest BCUT2D eigenvalue weighted by Gasteiger charge is -2.21. The molecule has 22 heavy (non-hydrogen) atoms. The number of aryl methyl sites for hydroxylation is 1. The van der Waals surface area contributed by atoms with Crippen molar-refractivity contribution in [2.24, 2.45) is 0 Å². The van der Waals surface area contributed by atoms with E-state index in [-0.39, 0.29) is 5.91 Å². The molecule has 120 valence electrons. The molecule has 1 aromatic rings. The van der Waals surface area contributed by atoms with E-state index in [1.54, 1.807) is 18.2 Å². The fourth-order valence-corrected chi connectivity index (χ4v) is 3.10. The topological polar surface area (TPSA) is 66.4 Å². The Labute approximate surface area is 131 Å². The zero-order valence-electron chi connectivity index (χ0n) is 13.0. The highest BCUT2D eigenvalue weighted by Gasteiger charge is 2.15. The van der Waals surface area contributed by atoms with Crippen LogP contribution in [0.4, 0.5) is 0 Å². The third-order valence-electron chi connectivity index (χ3n) is 4.34. The van der Waals surface area contributed by atoms with Gasteiger partial charge in [-0.3, -0.25) is 4.79 Å². The number of nitrogens with one attached hydrogen (secondary N) is 1. The highest BCUT2D eigenvalue weighted by molar-refractivity contribution is 5.89. The lowest BCUT2D eigenvalue weighted by molar-refractivity contribution is -0.121. The van der Waals surface area contributed by atoms with Crippen molar-refractivity contribution < 1.29 is 14.7 Å². The molecule has 1 saturated carbocycles. The summed E-state index contributed by atoms with van der Waals surface area (Å²) in [7, 11) is 0. The van der Waals surface area contributed by atoms with Gasteiger partial charge in [0.1, 0.15) is 0 Å². The molecular formula is C18H25NO3. The fraction of sp³-hybridized carbons (Fsp3) is 0.556. The number of amides is 1. The monoisotopic (exact) mass is 303 g/mol. The molecule has 0 atom stereocenters. The summed E-state index contributed by atoms with van der Waals surface area (Å²) in [6, 6.07) is 7.19. The van der Waals surface area contributed by atoms with Gasteiger partial charge < -0.3 is 10.4 Å². The summed E-state index contributed by atoms with van der Waals surface area (Å²) in [6.45, 7) is 0. The Hall–Kier alpha value is -1.84. The molecule has 1 aliphatic carbocycles. The van der Waals surface area contributed by atoms with Gasteiger partial charge in [0.25, 0.3) is 0 Å². The minimum atomic E-state index is -0.934. The van der Waals surface area contributed by atoms with Crippen LogP contribution in [0.25, 0.3) is 0 Å². The molecule has 0 spiro atoms. The summed E-state index contributed by atoms with van der Waals surface area (Å²) >= 11 is 0. The van der Waals surface area contributed by atoms with Crippen molar-refractivity contribution in [2.45, 2.75) is 63.8 Å².